The molecule has 5 nitrogen and oxygen atoms in total. The van der Waals surface area contributed by atoms with E-state index in [2.05, 4.69) is 5.32 Å². The van der Waals surface area contributed by atoms with Gasteiger partial charge < -0.3 is 14.5 Å². The van der Waals surface area contributed by atoms with Crippen LogP contribution in [-0.2, 0) is 14.3 Å². The first-order valence-electron chi connectivity index (χ1n) is 6.74. The van der Waals surface area contributed by atoms with Crippen LogP contribution in [0.5, 0.6) is 0 Å². The topological polar surface area (TPSA) is 68.5 Å². The number of hydrogen-bond acceptors (Lipinski definition) is 4. The molecule has 0 unspecified atom stereocenters. The Morgan fingerprint density at radius 3 is 2.50 bits per heavy atom. The number of nitrogens with one attached hydrogen (secondary N) is 1. The number of esters is 1. The molecule has 0 saturated carbocycles. The average molecular weight is 389 g/mol. The monoisotopic (exact) mass is 387 g/mol. The number of hydrogen-bond donors (Lipinski definition) is 1. The molecule has 1 aromatic heterocycles. The fourth-order valence-electron chi connectivity index (χ4n) is 1.69. The number of benzene rings is 1. The molecule has 0 fully saturated rings. The minimum absolute atomic E-state index is 0.178. The first-order chi connectivity index (χ1) is 11.4. The molecule has 1 amide bonds. The molecule has 0 bridgehead atoms. The molecule has 0 aliphatic carbocycles. The lowest BCUT2D eigenvalue weighted by atomic mass is 10.3. The van der Waals surface area contributed by atoms with Crippen molar-refractivity contribution in [1.29, 1.82) is 0 Å². The van der Waals surface area contributed by atoms with Crippen molar-refractivity contribution in [2.75, 3.05) is 5.32 Å². The minimum atomic E-state index is -1.05. The predicted molar refractivity (Wildman–Crippen MR) is 93.4 cm³/mol. The summed E-state index contributed by atoms with van der Waals surface area (Å²) in [6.45, 7) is 1.42. The van der Waals surface area contributed by atoms with Crippen LogP contribution in [0, 0.1) is 0 Å². The van der Waals surface area contributed by atoms with E-state index >= 15 is 0 Å². The molecule has 1 heterocycles. The lowest BCUT2D eigenvalue weighted by Gasteiger charge is -2.14. The fourth-order valence-corrected chi connectivity index (χ4v) is 2.60. The Hall–Kier alpha value is -1.95. The molecule has 1 N–H and O–H groups in total. The van der Waals surface area contributed by atoms with E-state index in [0.717, 1.165) is 6.08 Å². The van der Waals surface area contributed by atoms with Crippen LogP contribution in [-0.4, -0.2) is 18.0 Å². The zero-order valence-electron chi connectivity index (χ0n) is 12.4. The SMILES string of the molecule is C[C@@H](OC(=O)/C=C/c1ccco1)C(=O)Nc1c(Cl)cc(Cl)cc1Cl. The van der Waals surface area contributed by atoms with E-state index in [-0.39, 0.29) is 15.7 Å². The van der Waals surface area contributed by atoms with Gasteiger partial charge in [-0.05, 0) is 37.3 Å². The second-order valence-electron chi connectivity index (χ2n) is 4.66. The number of rotatable bonds is 5. The van der Waals surface area contributed by atoms with E-state index < -0.39 is 18.0 Å². The van der Waals surface area contributed by atoms with Gasteiger partial charge in [0.25, 0.3) is 5.91 Å². The highest BCUT2D eigenvalue weighted by Crippen LogP contribution is 2.33. The van der Waals surface area contributed by atoms with Crippen LogP contribution in [0.15, 0.2) is 41.0 Å². The van der Waals surface area contributed by atoms with Crippen LogP contribution < -0.4 is 5.32 Å². The number of ether oxygens (including phenoxy) is 1. The third-order valence-electron chi connectivity index (χ3n) is 2.84. The van der Waals surface area contributed by atoms with Crippen LogP contribution in [0.4, 0.5) is 5.69 Å². The van der Waals surface area contributed by atoms with E-state index in [1.54, 1.807) is 12.1 Å². The van der Waals surface area contributed by atoms with Crippen molar-refractivity contribution in [3.8, 4) is 0 Å². The summed E-state index contributed by atoms with van der Waals surface area (Å²) in [5.74, 6) is -0.785. The highest BCUT2D eigenvalue weighted by atomic mass is 35.5. The Kier molecular flexibility index (Phi) is 6.31. The van der Waals surface area contributed by atoms with Gasteiger partial charge >= 0.3 is 5.97 Å². The van der Waals surface area contributed by atoms with E-state index in [9.17, 15) is 9.59 Å². The van der Waals surface area contributed by atoms with Gasteiger partial charge in [-0.25, -0.2) is 4.79 Å². The molecule has 1 aromatic carbocycles. The Morgan fingerprint density at radius 1 is 1.25 bits per heavy atom. The molecular weight excluding hydrogens is 377 g/mol. The first-order valence-corrected chi connectivity index (χ1v) is 7.88. The molecule has 24 heavy (non-hydrogen) atoms. The maximum Gasteiger partial charge on any atom is 0.331 e. The van der Waals surface area contributed by atoms with Crippen molar-refractivity contribution in [2.24, 2.45) is 0 Å². The minimum Gasteiger partial charge on any atom is -0.465 e. The second kappa shape index (κ2) is 8.24. The fraction of sp³-hybridized carbons (Fsp3) is 0.125. The van der Waals surface area contributed by atoms with Gasteiger partial charge in [-0.3, -0.25) is 4.79 Å². The quantitative estimate of drug-likeness (QED) is 0.589. The molecule has 0 spiro atoms. The Labute approximate surface area is 153 Å². The van der Waals surface area contributed by atoms with Gasteiger partial charge in [0, 0.05) is 11.1 Å². The predicted octanol–water partition coefficient (Wildman–Crippen LogP) is 4.82. The molecule has 1 atom stereocenters. The second-order valence-corrected chi connectivity index (χ2v) is 5.91. The molecule has 0 saturated heterocycles. The highest BCUT2D eigenvalue weighted by molar-refractivity contribution is 6.42. The first kappa shape index (κ1) is 18.4. The van der Waals surface area contributed by atoms with Gasteiger partial charge in [-0.2, -0.15) is 0 Å². The third kappa shape index (κ3) is 5.03. The lowest BCUT2D eigenvalue weighted by Crippen LogP contribution is -2.29. The maximum atomic E-state index is 12.1. The van der Waals surface area contributed by atoms with Crippen molar-refractivity contribution in [1.82, 2.24) is 0 Å². The molecule has 126 valence electrons. The zero-order chi connectivity index (χ0) is 17.7. The van der Waals surface area contributed by atoms with Crippen LogP contribution in [0.1, 0.15) is 12.7 Å². The van der Waals surface area contributed by atoms with Crippen LogP contribution in [0.25, 0.3) is 6.08 Å². The van der Waals surface area contributed by atoms with E-state index in [1.807, 2.05) is 0 Å². The zero-order valence-corrected chi connectivity index (χ0v) is 14.7. The molecule has 0 aliphatic rings. The van der Waals surface area contributed by atoms with Crippen molar-refractivity contribution in [2.45, 2.75) is 13.0 Å². The summed E-state index contributed by atoms with van der Waals surface area (Å²) in [6.07, 6.45) is 3.01. The maximum absolute atomic E-state index is 12.1. The molecular formula is C16H12Cl3NO4. The van der Waals surface area contributed by atoms with Gasteiger partial charge in [0.05, 0.1) is 22.0 Å². The lowest BCUT2D eigenvalue weighted by molar-refractivity contribution is -0.148. The molecule has 0 radical (unpaired) electrons. The van der Waals surface area contributed by atoms with Crippen LogP contribution in [0.2, 0.25) is 15.1 Å². The van der Waals surface area contributed by atoms with E-state index in [1.165, 1.54) is 31.4 Å². The van der Waals surface area contributed by atoms with Crippen molar-refractivity contribution < 1.29 is 18.7 Å². The number of halogens is 3. The molecule has 2 rings (SSSR count). The smallest absolute Gasteiger partial charge is 0.331 e. The molecule has 0 aliphatic heterocycles. The molecule has 8 heteroatoms. The number of carbonyl (C=O) groups excluding carboxylic acids is 2. The van der Waals surface area contributed by atoms with Gasteiger partial charge in [0.1, 0.15) is 5.76 Å². The third-order valence-corrected chi connectivity index (χ3v) is 3.66. The molecule has 2 aromatic rings. The summed E-state index contributed by atoms with van der Waals surface area (Å²) >= 11 is 17.8. The summed E-state index contributed by atoms with van der Waals surface area (Å²) in [6, 6.07) is 6.23. The Bertz CT molecular complexity index is 749. The largest absolute Gasteiger partial charge is 0.465 e. The standard InChI is InChI=1S/C16H12Cl3NO4/c1-9(24-14(21)5-4-11-3-2-6-23-11)16(22)20-15-12(18)7-10(17)8-13(15)19/h2-9H,1H3,(H,20,22)/b5-4+/t9-/m1/s1. The van der Waals surface area contributed by atoms with Gasteiger partial charge in [-0.15, -0.1) is 0 Å². The summed E-state index contributed by atoms with van der Waals surface area (Å²) in [5.41, 5.74) is 0.196. The normalized spacial score (nSPS) is 12.2. The van der Waals surface area contributed by atoms with E-state index in [0.29, 0.717) is 10.8 Å². The number of furan rings is 1. The van der Waals surface area contributed by atoms with Gasteiger partial charge in [0.15, 0.2) is 6.10 Å². The van der Waals surface area contributed by atoms with Crippen LogP contribution in [0.3, 0.4) is 0 Å². The summed E-state index contributed by atoms with van der Waals surface area (Å²) in [7, 11) is 0. The van der Waals surface area contributed by atoms with Gasteiger partial charge in [0.2, 0.25) is 0 Å². The van der Waals surface area contributed by atoms with Gasteiger partial charge in [-0.1, -0.05) is 34.8 Å². The summed E-state index contributed by atoms with van der Waals surface area (Å²) < 4.78 is 10.0. The van der Waals surface area contributed by atoms with Crippen LogP contribution >= 0.6 is 34.8 Å². The van der Waals surface area contributed by atoms with Crippen molar-refractivity contribution >= 4 is 58.4 Å². The number of carbonyl (C=O) groups is 2. The summed E-state index contributed by atoms with van der Waals surface area (Å²) in [4.78, 5) is 23.8. The Morgan fingerprint density at radius 2 is 1.92 bits per heavy atom. The van der Waals surface area contributed by atoms with Crippen molar-refractivity contribution in [3.05, 3.63) is 57.4 Å². The number of amides is 1. The average Bonchev–Trinajstić information content (AvgIpc) is 3.01. The highest BCUT2D eigenvalue weighted by Gasteiger charge is 2.19. The van der Waals surface area contributed by atoms with Crippen molar-refractivity contribution in [3.63, 3.8) is 0 Å². The Balaban J connectivity index is 1.96. The number of anilines is 1. The summed E-state index contributed by atoms with van der Waals surface area (Å²) in [5, 5.41) is 3.19. The van der Waals surface area contributed by atoms with E-state index in [4.69, 9.17) is 44.0 Å².